The number of aromatic nitrogens is 1. The van der Waals surface area contributed by atoms with Crippen molar-refractivity contribution in [2.45, 2.75) is 32.0 Å². The lowest BCUT2D eigenvalue weighted by atomic mass is 10.2. The zero-order valence-corrected chi connectivity index (χ0v) is 9.46. The fourth-order valence-corrected chi connectivity index (χ4v) is 1.30. The molecule has 0 fully saturated rings. The van der Waals surface area contributed by atoms with E-state index in [9.17, 15) is 13.2 Å². The summed E-state index contributed by atoms with van der Waals surface area (Å²) < 4.78 is 37.0. The van der Waals surface area contributed by atoms with Crippen molar-refractivity contribution in [3.8, 4) is 0 Å². The Hall–Kier alpha value is -1.30. The molecular formula is C11H15F3N2O. The highest BCUT2D eigenvalue weighted by molar-refractivity contribution is 5.35. The number of anilines is 1. The van der Waals surface area contributed by atoms with E-state index >= 15 is 0 Å². The van der Waals surface area contributed by atoms with Crippen LogP contribution in [0.5, 0.6) is 0 Å². The van der Waals surface area contributed by atoms with Crippen molar-refractivity contribution in [2.75, 3.05) is 11.9 Å². The van der Waals surface area contributed by atoms with Gasteiger partial charge in [-0.25, -0.2) is 4.98 Å². The van der Waals surface area contributed by atoms with E-state index in [4.69, 9.17) is 5.11 Å². The van der Waals surface area contributed by atoms with Crippen LogP contribution in [0.1, 0.15) is 25.5 Å². The summed E-state index contributed by atoms with van der Waals surface area (Å²) in [6, 6.07) is 3.73. The van der Waals surface area contributed by atoms with E-state index < -0.39 is 18.0 Å². The highest BCUT2D eigenvalue weighted by atomic mass is 19.4. The Morgan fingerprint density at radius 2 is 2.12 bits per heavy atom. The first-order valence-electron chi connectivity index (χ1n) is 5.36. The van der Waals surface area contributed by atoms with E-state index in [-0.39, 0.29) is 5.82 Å². The third kappa shape index (κ3) is 5.04. The molecule has 0 saturated heterocycles. The van der Waals surface area contributed by atoms with Gasteiger partial charge in [0.1, 0.15) is 11.5 Å². The monoisotopic (exact) mass is 248 g/mol. The quantitative estimate of drug-likeness (QED) is 0.787. The maximum Gasteiger partial charge on any atom is 0.433 e. The fourth-order valence-electron chi connectivity index (χ4n) is 1.30. The molecule has 1 aromatic rings. The molecule has 96 valence electrons. The Bertz CT molecular complexity index is 353. The Balaban J connectivity index is 2.49. The predicted octanol–water partition coefficient (Wildman–Crippen LogP) is 2.67. The molecule has 1 atom stereocenters. The topological polar surface area (TPSA) is 45.1 Å². The summed E-state index contributed by atoms with van der Waals surface area (Å²) in [6.07, 6.45) is -3.54. The number of rotatable bonds is 5. The molecule has 1 aromatic heterocycles. The molecule has 3 nitrogen and oxygen atoms in total. The molecule has 0 aliphatic rings. The minimum Gasteiger partial charge on any atom is -0.393 e. The first-order chi connectivity index (χ1) is 7.89. The first-order valence-corrected chi connectivity index (χ1v) is 5.36. The van der Waals surface area contributed by atoms with E-state index in [0.29, 0.717) is 19.4 Å². The molecule has 0 spiro atoms. The number of nitrogens with zero attached hydrogens (tertiary/aromatic N) is 1. The Morgan fingerprint density at radius 3 is 2.71 bits per heavy atom. The number of aliphatic hydroxyl groups excluding tert-OH is 1. The maximum absolute atomic E-state index is 12.3. The third-order valence-electron chi connectivity index (χ3n) is 2.14. The van der Waals surface area contributed by atoms with Gasteiger partial charge in [-0.3, -0.25) is 0 Å². The van der Waals surface area contributed by atoms with Crippen molar-refractivity contribution < 1.29 is 18.3 Å². The third-order valence-corrected chi connectivity index (χ3v) is 2.14. The molecule has 0 saturated carbocycles. The van der Waals surface area contributed by atoms with Gasteiger partial charge < -0.3 is 10.4 Å². The lowest BCUT2D eigenvalue weighted by Crippen LogP contribution is -2.11. The largest absolute Gasteiger partial charge is 0.433 e. The van der Waals surface area contributed by atoms with Gasteiger partial charge in [-0.05, 0) is 31.9 Å². The summed E-state index contributed by atoms with van der Waals surface area (Å²) >= 11 is 0. The first kappa shape index (κ1) is 13.8. The standard InChI is InChI=1S/C11H15F3N2O/c1-8(17)4-3-7-15-10-6-2-5-9(16-10)11(12,13)14/h2,5-6,8,17H,3-4,7H2,1H3,(H,15,16). The zero-order chi connectivity index (χ0) is 12.9. The number of nitrogens with one attached hydrogen (secondary N) is 1. The van der Waals surface area contributed by atoms with Gasteiger partial charge in [0.25, 0.3) is 0 Å². The molecule has 1 unspecified atom stereocenters. The summed E-state index contributed by atoms with van der Waals surface area (Å²) in [5, 5.41) is 11.8. The van der Waals surface area contributed by atoms with E-state index in [0.717, 1.165) is 6.07 Å². The molecule has 1 heterocycles. The van der Waals surface area contributed by atoms with Crippen molar-refractivity contribution in [1.29, 1.82) is 0 Å². The van der Waals surface area contributed by atoms with Crippen LogP contribution < -0.4 is 5.32 Å². The van der Waals surface area contributed by atoms with E-state index in [1.807, 2.05) is 0 Å². The minimum absolute atomic E-state index is 0.199. The lowest BCUT2D eigenvalue weighted by Gasteiger charge is -2.09. The summed E-state index contributed by atoms with van der Waals surface area (Å²) in [5.41, 5.74) is -0.905. The second kappa shape index (κ2) is 5.86. The van der Waals surface area contributed by atoms with Crippen molar-refractivity contribution in [3.05, 3.63) is 23.9 Å². The highest BCUT2D eigenvalue weighted by Gasteiger charge is 2.32. The molecule has 0 bridgehead atoms. The van der Waals surface area contributed by atoms with Gasteiger partial charge in [0.15, 0.2) is 0 Å². The van der Waals surface area contributed by atoms with E-state index in [1.165, 1.54) is 12.1 Å². The fraction of sp³-hybridized carbons (Fsp3) is 0.545. The van der Waals surface area contributed by atoms with Crippen molar-refractivity contribution in [2.24, 2.45) is 0 Å². The van der Waals surface area contributed by atoms with Gasteiger partial charge in [0.05, 0.1) is 6.10 Å². The molecule has 2 N–H and O–H groups in total. The molecule has 0 amide bonds. The van der Waals surface area contributed by atoms with Crippen molar-refractivity contribution >= 4 is 5.82 Å². The second-order valence-electron chi connectivity index (χ2n) is 3.82. The number of hydrogen-bond acceptors (Lipinski definition) is 3. The van der Waals surface area contributed by atoms with Crippen molar-refractivity contribution in [3.63, 3.8) is 0 Å². The number of pyridine rings is 1. The number of aliphatic hydroxyl groups is 1. The van der Waals surface area contributed by atoms with Gasteiger partial charge in [-0.15, -0.1) is 0 Å². The van der Waals surface area contributed by atoms with Gasteiger partial charge in [0.2, 0.25) is 0 Å². The minimum atomic E-state index is -4.42. The molecular weight excluding hydrogens is 233 g/mol. The lowest BCUT2D eigenvalue weighted by molar-refractivity contribution is -0.141. The maximum atomic E-state index is 12.3. The van der Waals surface area contributed by atoms with Crippen LogP contribution in [0.25, 0.3) is 0 Å². The molecule has 0 radical (unpaired) electrons. The molecule has 0 aromatic carbocycles. The summed E-state index contributed by atoms with van der Waals surface area (Å²) in [7, 11) is 0. The number of hydrogen-bond donors (Lipinski definition) is 2. The van der Waals surface area contributed by atoms with Crippen LogP contribution in [0.2, 0.25) is 0 Å². The molecule has 1 rings (SSSR count). The van der Waals surface area contributed by atoms with Crippen LogP contribution in [0.3, 0.4) is 0 Å². The van der Waals surface area contributed by atoms with Crippen LogP contribution >= 0.6 is 0 Å². The molecule has 0 aliphatic heterocycles. The Kier molecular flexibility index (Phi) is 4.74. The van der Waals surface area contributed by atoms with Crippen LogP contribution in [0, 0.1) is 0 Å². The average Bonchev–Trinajstić information content (AvgIpc) is 2.23. The van der Waals surface area contributed by atoms with Crippen LogP contribution in [-0.2, 0) is 6.18 Å². The van der Waals surface area contributed by atoms with E-state index in [1.54, 1.807) is 6.92 Å². The van der Waals surface area contributed by atoms with Crippen LogP contribution in [-0.4, -0.2) is 22.7 Å². The summed E-state index contributed by atoms with van der Waals surface area (Å²) in [5.74, 6) is 0.199. The normalized spacial score (nSPS) is 13.5. The summed E-state index contributed by atoms with van der Waals surface area (Å²) in [6.45, 7) is 2.15. The Labute approximate surface area is 97.7 Å². The molecule has 0 aliphatic carbocycles. The van der Waals surface area contributed by atoms with Gasteiger partial charge in [0, 0.05) is 6.54 Å². The van der Waals surface area contributed by atoms with Gasteiger partial charge in [-0.1, -0.05) is 6.07 Å². The number of halogens is 3. The zero-order valence-electron chi connectivity index (χ0n) is 9.46. The van der Waals surface area contributed by atoms with Gasteiger partial charge >= 0.3 is 6.18 Å². The van der Waals surface area contributed by atoms with Gasteiger partial charge in [-0.2, -0.15) is 13.2 Å². The van der Waals surface area contributed by atoms with E-state index in [2.05, 4.69) is 10.3 Å². The molecule has 6 heteroatoms. The Morgan fingerprint density at radius 1 is 1.41 bits per heavy atom. The second-order valence-corrected chi connectivity index (χ2v) is 3.82. The highest BCUT2D eigenvalue weighted by Crippen LogP contribution is 2.28. The van der Waals surface area contributed by atoms with Crippen LogP contribution in [0.15, 0.2) is 18.2 Å². The average molecular weight is 248 g/mol. The van der Waals surface area contributed by atoms with Crippen molar-refractivity contribution in [1.82, 2.24) is 4.98 Å². The smallest absolute Gasteiger partial charge is 0.393 e. The SMILES string of the molecule is CC(O)CCCNc1cccc(C(F)(F)F)n1. The van der Waals surface area contributed by atoms with Crippen LogP contribution in [0.4, 0.5) is 19.0 Å². The predicted molar refractivity (Wildman–Crippen MR) is 58.6 cm³/mol. The molecule has 17 heavy (non-hydrogen) atoms. The summed E-state index contributed by atoms with van der Waals surface area (Å²) in [4.78, 5) is 3.46. The number of alkyl halides is 3.